The molecule has 1 rings (SSSR count). The molecule has 2 nitrogen and oxygen atoms in total. The number of rotatable bonds is 5. The molecule has 0 saturated heterocycles. The maximum atomic E-state index is 10.9. The Kier molecular flexibility index (Phi) is 4.58. The smallest absolute Gasteiger partial charge is 0.262 e. The van der Waals surface area contributed by atoms with Crippen molar-refractivity contribution >= 4 is 16.8 Å². The average molecular weight is 255 g/mol. The SMILES string of the molecule is CCC(C)(C)c1ccc(OC(C)C(=O)Cl)cc1. The van der Waals surface area contributed by atoms with Gasteiger partial charge in [-0.3, -0.25) is 4.79 Å². The van der Waals surface area contributed by atoms with E-state index < -0.39 is 11.3 Å². The third kappa shape index (κ3) is 3.74. The summed E-state index contributed by atoms with van der Waals surface area (Å²) in [6.07, 6.45) is 0.464. The Hall–Kier alpha value is -1.02. The van der Waals surface area contributed by atoms with Crippen LogP contribution >= 0.6 is 11.6 Å². The van der Waals surface area contributed by atoms with Crippen LogP contribution in [-0.4, -0.2) is 11.3 Å². The molecule has 0 heterocycles. The molecule has 0 saturated carbocycles. The summed E-state index contributed by atoms with van der Waals surface area (Å²) < 4.78 is 5.40. The molecule has 1 aromatic rings. The number of benzene rings is 1. The quantitative estimate of drug-likeness (QED) is 0.745. The second-order valence-corrected chi connectivity index (χ2v) is 5.20. The molecule has 0 aliphatic rings. The summed E-state index contributed by atoms with van der Waals surface area (Å²) in [6.45, 7) is 8.21. The average Bonchev–Trinajstić information content (AvgIpc) is 2.29. The van der Waals surface area contributed by atoms with Crippen LogP contribution in [0.3, 0.4) is 0 Å². The molecular weight excluding hydrogens is 236 g/mol. The fourth-order valence-electron chi connectivity index (χ4n) is 1.44. The normalized spacial score (nSPS) is 13.2. The van der Waals surface area contributed by atoms with E-state index in [0.29, 0.717) is 5.75 Å². The molecule has 1 unspecified atom stereocenters. The lowest BCUT2D eigenvalue weighted by atomic mass is 9.82. The van der Waals surface area contributed by atoms with Gasteiger partial charge in [-0.05, 0) is 48.1 Å². The lowest BCUT2D eigenvalue weighted by Gasteiger charge is -2.23. The van der Waals surface area contributed by atoms with Gasteiger partial charge in [-0.1, -0.05) is 32.9 Å². The molecule has 0 N–H and O–H groups in total. The Morgan fingerprint density at radius 2 is 1.88 bits per heavy atom. The van der Waals surface area contributed by atoms with Crippen LogP contribution in [0.1, 0.15) is 39.7 Å². The van der Waals surface area contributed by atoms with E-state index in [-0.39, 0.29) is 5.41 Å². The number of ether oxygens (including phenoxy) is 1. The van der Waals surface area contributed by atoms with Crippen LogP contribution in [0.5, 0.6) is 5.75 Å². The highest BCUT2D eigenvalue weighted by molar-refractivity contribution is 6.64. The maximum absolute atomic E-state index is 10.9. The van der Waals surface area contributed by atoms with E-state index in [4.69, 9.17) is 16.3 Å². The molecule has 0 radical (unpaired) electrons. The molecule has 1 aromatic carbocycles. The van der Waals surface area contributed by atoms with Gasteiger partial charge in [0.15, 0.2) is 6.10 Å². The summed E-state index contributed by atoms with van der Waals surface area (Å²) >= 11 is 5.34. The molecule has 0 amide bonds. The van der Waals surface area contributed by atoms with Gasteiger partial charge in [-0.2, -0.15) is 0 Å². The van der Waals surface area contributed by atoms with Crippen molar-refractivity contribution in [1.29, 1.82) is 0 Å². The summed E-state index contributed by atoms with van der Waals surface area (Å²) in [6, 6.07) is 7.82. The van der Waals surface area contributed by atoms with Crippen LogP contribution in [0.15, 0.2) is 24.3 Å². The molecular formula is C14H19ClO2. The topological polar surface area (TPSA) is 26.3 Å². The van der Waals surface area contributed by atoms with Gasteiger partial charge in [0.2, 0.25) is 0 Å². The predicted octanol–water partition coefficient (Wildman–Crippen LogP) is 3.91. The third-order valence-electron chi connectivity index (χ3n) is 3.15. The van der Waals surface area contributed by atoms with Gasteiger partial charge >= 0.3 is 0 Å². The lowest BCUT2D eigenvalue weighted by Crippen LogP contribution is -2.19. The van der Waals surface area contributed by atoms with Crippen LogP contribution in [0.2, 0.25) is 0 Å². The molecule has 3 heteroatoms. The highest BCUT2D eigenvalue weighted by atomic mass is 35.5. The van der Waals surface area contributed by atoms with Crippen LogP contribution in [-0.2, 0) is 10.2 Å². The summed E-state index contributed by atoms with van der Waals surface area (Å²) in [5.74, 6) is 0.669. The summed E-state index contributed by atoms with van der Waals surface area (Å²) in [5.41, 5.74) is 1.42. The molecule has 0 aliphatic heterocycles. The van der Waals surface area contributed by atoms with E-state index in [1.54, 1.807) is 6.92 Å². The van der Waals surface area contributed by atoms with Crippen LogP contribution < -0.4 is 4.74 Å². The first-order valence-electron chi connectivity index (χ1n) is 5.83. The first kappa shape index (κ1) is 14.0. The number of hydrogen-bond acceptors (Lipinski definition) is 2. The van der Waals surface area contributed by atoms with Gasteiger partial charge < -0.3 is 4.74 Å². The Morgan fingerprint density at radius 3 is 2.29 bits per heavy atom. The van der Waals surface area contributed by atoms with E-state index in [2.05, 4.69) is 20.8 Å². The summed E-state index contributed by atoms with van der Waals surface area (Å²) in [7, 11) is 0. The van der Waals surface area contributed by atoms with E-state index in [1.807, 2.05) is 24.3 Å². The van der Waals surface area contributed by atoms with Crippen molar-refractivity contribution in [2.24, 2.45) is 0 Å². The summed E-state index contributed by atoms with van der Waals surface area (Å²) in [5, 5.41) is -0.483. The van der Waals surface area contributed by atoms with Crippen LogP contribution in [0, 0.1) is 0 Å². The molecule has 17 heavy (non-hydrogen) atoms. The first-order chi connectivity index (χ1) is 7.86. The van der Waals surface area contributed by atoms with Gasteiger partial charge in [0.05, 0.1) is 0 Å². The third-order valence-corrected chi connectivity index (χ3v) is 3.46. The first-order valence-corrected chi connectivity index (χ1v) is 6.21. The largest absolute Gasteiger partial charge is 0.482 e. The molecule has 94 valence electrons. The van der Waals surface area contributed by atoms with Crippen molar-refractivity contribution < 1.29 is 9.53 Å². The number of halogens is 1. The Labute approximate surface area is 108 Å². The van der Waals surface area contributed by atoms with Gasteiger partial charge in [-0.25, -0.2) is 0 Å². The Balaban J connectivity index is 2.78. The van der Waals surface area contributed by atoms with E-state index >= 15 is 0 Å². The van der Waals surface area contributed by atoms with Crippen LogP contribution in [0.4, 0.5) is 0 Å². The van der Waals surface area contributed by atoms with Crippen molar-refractivity contribution in [1.82, 2.24) is 0 Å². The second-order valence-electron chi connectivity index (χ2n) is 4.83. The maximum Gasteiger partial charge on any atom is 0.262 e. The van der Waals surface area contributed by atoms with E-state index in [1.165, 1.54) is 5.56 Å². The zero-order valence-corrected chi connectivity index (χ0v) is 11.5. The monoisotopic (exact) mass is 254 g/mol. The second kappa shape index (κ2) is 5.54. The zero-order chi connectivity index (χ0) is 13.1. The van der Waals surface area contributed by atoms with Crippen molar-refractivity contribution in [2.45, 2.75) is 45.6 Å². The molecule has 0 fully saturated rings. The fraction of sp³-hybridized carbons (Fsp3) is 0.500. The molecule has 0 aromatic heterocycles. The summed E-state index contributed by atoms with van der Waals surface area (Å²) in [4.78, 5) is 10.9. The molecule has 0 aliphatic carbocycles. The van der Waals surface area contributed by atoms with Gasteiger partial charge in [-0.15, -0.1) is 0 Å². The molecule has 0 bridgehead atoms. The van der Waals surface area contributed by atoms with Crippen molar-refractivity contribution in [3.63, 3.8) is 0 Å². The minimum Gasteiger partial charge on any atom is -0.482 e. The minimum atomic E-state index is -0.610. The molecule has 0 spiro atoms. The highest BCUT2D eigenvalue weighted by Gasteiger charge is 2.18. The Bertz CT molecular complexity index is 382. The number of carbonyl (C=O) groups is 1. The van der Waals surface area contributed by atoms with Gasteiger partial charge in [0.1, 0.15) is 5.75 Å². The van der Waals surface area contributed by atoms with Crippen LogP contribution in [0.25, 0.3) is 0 Å². The van der Waals surface area contributed by atoms with Crippen molar-refractivity contribution in [3.05, 3.63) is 29.8 Å². The van der Waals surface area contributed by atoms with Gasteiger partial charge in [0, 0.05) is 0 Å². The predicted molar refractivity (Wildman–Crippen MR) is 70.7 cm³/mol. The number of hydrogen-bond donors (Lipinski definition) is 0. The van der Waals surface area contributed by atoms with E-state index in [9.17, 15) is 4.79 Å². The van der Waals surface area contributed by atoms with Gasteiger partial charge in [0.25, 0.3) is 5.24 Å². The zero-order valence-electron chi connectivity index (χ0n) is 10.8. The van der Waals surface area contributed by atoms with Crippen molar-refractivity contribution in [2.75, 3.05) is 0 Å². The lowest BCUT2D eigenvalue weighted by molar-refractivity contribution is -0.117. The number of carbonyl (C=O) groups excluding carboxylic acids is 1. The standard InChI is InChI=1S/C14H19ClO2/c1-5-14(3,4)11-6-8-12(9-7-11)17-10(2)13(15)16/h6-10H,5H2,1-4H3. The molecule has 1 atom stereocenters. The fourth-order valence-corrected chi connectivity index (χ4v) is 1.48. The van der Waals surface area contributed by atoms with E-state index in [0.717, 1.165) is 6.42 Å². The Morgan fingerprint density at radius 1 is 1.35 bits per heavy atom. The minimum absolute atomic E-state index is 0.159. The highest BCUT2D eigenvalue weighted by Crippen LogP contribution is 2.28. The van der Waals surface area contributed by atoms with Crippen molar-refractivity contribution in [3.8, 4) is 5.75 Å².